The fourth-order valence-electron chi connectivity index (χ4n) is 3.19. The van der Waals surface area contributed by atoms with Crippen molar-refractivity contribution in [2.45, 2.75) is 70.9 Å². The second-order valence-corrected chi connectivity index (χ2v) is 8.06. The SMILES string of the molecule is CCC(C)(C)NC(=O)c1ccc(NC(=O)C2CCCCC2(C)N)cc1. The molecule has 138 valence electrons. The Morgan fingerprint density at radius 2 is 1.88 bits per heavy atom. The first-order valence-corrected chi connectivity index (χ1v) is 9.17. The van der Waals surface area contributed by atoms with Crippen LogP contribution < -0.4 is 16.4 Å². The first-order valence-electron chi connectivity index (χ1n) is 9.17. The molecule has 1 aromatic rings. The van der Waals surface area contributed by atoms with Crippen molar-refractivity contribution < 1.29 is 9.59 Å². The molecule has 2 unspecified atom stereocenters. The van der Waals surface area contributed by atoms with Crippen LogP contribution in [0.4, 0.5) is 5.69 Å². The summed E-state index contributed by atoms with van der Waals surface area (Å²) in [6, 6.07) is 7.00. The number of nitrogens with one attached hydrogen (secondary N) is 2. The van der Waals surface area contributed by atoms with Gasteiger partial charge in [-0.2, -0.15) is 0 Å². The van der Waals surface area contributed by atoms with E-state index >= 15 is 0 Å². The predicted molar refractivity (Wildman–Crippen MR) is 101 cm³/mol. The molecular weight excluding hydrogens is 314 g/mol. The van der Waals surface area contributed by atoms with Crippen LogP contribution >= 0.6 is 0 Å². The third-order valence-corrected chi connectivity index (χ3v) is 5.32. The van der Waals surface area contributed by atoms with Gasteiger partial charge in [0.15, 0.2) is 0 Å². The number of benzene rings is 1. The highest BCUT2D eigenvalue weighted by molar-refractivity contribution is 5.96. The number of anilines is 1. The highest BCUT2D eigenvalue weighted by atomic mass is 16.2. The molecule has 0 aromatic heterocycles. The van der Waals surface area contributed by atoms with Crippen LogP contribution in [0.25, 0.3) is 0 Å². The average molecular weight is 345 g/mol. The topological polar surface area (TPSA) is 84.2 Å². The minimum Gasteiger partial charge on any atom is -0.347 e. The third kappa shape index (κ3) is 5.05. The largest absolute Gasteiger partial charge is 0.347 e. The summed E-state index contributed by atoms with van der Waals surface area (Å²) in [6.07, 6.45) is 4.67. The van der Waals surface area contributed by atoms with Crippen LogP contribution in [0.5, 0.6) is 0 Å². The fourth-order valence-corrected chi connectivity index (χ4v) is 3.19. The fraction of sp³-hybridized carbons (Fsp3) is 0.600. The van der Waals surface area contributed by atoms with Crippen LogP contribution in [0.1, 0.15) is 70.2 Å². The number of amides is 2. The van der Waals surface area contributed by atoms with Crippen molar-refractivity contribution in [1.29, 1.82) is 0 Å². The maximum atomic E-state index is 12.6. The molecule has 5 nitrogen and oxygen atoms in total. The first-order chi connectivity index (χ1) is 11.6. The van der Waals surface area contributed by atoms with Gasteiger partial charge in [-0.25, -0.2) is 0 Å². The van der Waals surface area contributed by atoms with Gasteiger partial charge in [-0.3, -0.25) is 9.59 Å². The van der Waals surface area contributed by atoms with E-state index < -0.39 is 5.54 Å². The number of carbonyl (C=O) groups excluding carboxylic acids is 2. The molecule has 0 radical (unpaired) electrons. The summed E-state index contributed by atoms with van der Waals surface area (Å²) >= 11 is 0. The van der Waals surface area contributed by atoms with E-state index in [1.807, 2.05) is 27.7 Å². The number of rotatable bonds is 5. The molecular formula is C20H31N3O2. The second kappa shape index (κ2) is 7.56. The molecule has 5 heteroatoms. The Morgan fingerprint density at radius 3 is 2.44 bits per heavy atom. The molecule has 1 aliphatic rings. The predicted octanol–water partition coefficient (Wildman–Crippen LogP) is 3.45. The number of carbonyl (C=O) groups is 2. The van der Waals surface area contributed by atoms with Gasteiger partial charge in [0, 0.05) is 22.3 Å². The quantitative estimate of drug-likeness (QED) is 0.764. The molecule has 0 saturated heterocycles. The molecule has 1 fully saturated rings. The van der Waals surface area contributed by atoms with Gasteiger partial charge in [0.2, 0.25) is 5.91 Å². The van der Waals surface area contributed by atoms with E-state index in [0.717, 1.165) is 32.1 Å². The number of hydrogen-bond acceptors (Lipinski definition) is 3. The Balaban J connectivity index is 2.00. The zero-order chi connectivity index (χ0) is 18.7. The van der Waals surface area contributed by atoms with Gasteiger partial charge in [-0.15, -0.1) is 0 Å². The summed E-state index contributed by atoms with van der Waals surface area (Å²) in [5, 5.41) is 5.94. The van der Waals surface area contributed by atoms with Gasteiger partial charge in [0.25, 0.3) is 5.91 Å². The first kappa shape index (κ1) is 19.4. The lowest BCUT2D eigenvalue weighted by molar-refractivity contribution is -0.122. The molecule has 2 rings (SSSR count). The molecule has 2 amide bonds. The Hall–Kier alpha value is -1.88. The van der Waals surface area contributed by atoms with Gasteiger partial charge in [0.1, 0.15) is 0 Å². The molecule has 1 saturated carbocycles. The van der Waals surface area contributed by atoms with Crippen LogP contribution in [0.15, 0.2) is 24.3 Å². The summed E-state index contributed by atoms with van der Waals surface area (Å²) in [5.74, 6) is -0.310. The van der Waals surface area contributed by atoms with Crippen molar-refractivity contribution in [2.24, 2.45) is 11.7 Å². The molecule has 1 aromatic carbocycles. The standard InChI is InChI=1S/C20H31N3O2/c1-5-19(2,3)23-17(24)14-9-11-15(12-10-14)22-18(25)16-8-6-7-13-20(16,4)21/h9-12,16H,5-8,13,21H2,1-4H3,(H,22,25)(H,23,24). The highest BCUT2D eigenvalue weighted by Crippen LogP contribution is 2.32. The second-order valence-electron chi connectivity index (χ2n) is 8.06. The maximum Gasteiger partial charge on any atom is 0.251 e. The van der Waals surface area contributed by atoms with Crippen LogP contribution in [-0.2, 0) is 4.79 Å². The van der Waals surface area contributed by atoms with Crippen molar-refractivity contribution in [3.63, 3.8) is 0 Å². The average Bonchev–Trinajstić information content (AvgIpc) is 2.54. The lowest BCUT2D eigenvalue weighted by Gasteiger charge is -2.37. The van der Waals surface area contributed by atoms with Crippen LogP contribution in [0.2, 0.25) is 0 Å². The minimum atomic E-state index is -0.451. The van der Waals surface area contributed by atoms with Gasteiger partial charge in [-0.05, 0) is 64.3 Å². The number of hydrogen-bond donors (Lipinski definition) is 3. The summed E-state index contributed by atoms with van der Waals surface area (Å²) in [4.78, 5) is 24.8. The number of nitrogens with two attached hydrogens (primary N) is 1. The molecule has 0 spiro atoms. The van der Waals surface area contributed by atoms with Crippen LogP contribution in [0.3, 0.4) is 0 Å². The zero-order valence-electron chi connectivity index (χ0n) is 15.8. The van der Waals surface area contributed by atoms with E-state index in [2.05, 4.69) is 10.6 Å². The van der Waals surface area contributed by atoms with E-state index in [4.69, 9.17) is 5.73 Å². The summed E-state index contributed by atoms with van der Waals surface area (Å²) in [5.41, 5.74) is 6.88. The molecule has 0 bridgehead atoms. The van der Waals surface area contributed by atoms with E-state index in [1.165, 1.54) is 0 Å². The van der Waals surface area contributed by atoms with Crippen LogP contribution in [0, 0.1) is 5.92 Å². The molecule has 1 aliphatic carbocycles. The lowest BCUT2D eigenvalue weighted by Crippen LogP contribution is -2.51. The van der Waals surface area contributed by atoms with E-state index in [-0.39, 0.29) is 23.3 Å². The molecule has 4 N–H and O–H groups in total. The summed E-state index contributed by atoms with van der Waals surface area (Å²) in [6.45, 7) is 7.98. The Bertz CT molecular complexity index is 620. The van der Waals surface area contributed by atoms with Crippen molar-refractivity contribution in [3.8, 4) is 0 Å². The van der Waals surface area contributed by atoms with E-state index in [9.17, 15) is 9.59 Å². The Morgan fingerprint density at radius 1 is 1.24 bits per heavy atom. The lowest BCUT2D eigenvalue weighted by atomic mass is 9.74. The molecule has 25 heavy (non-hydrogen) atoms. The third-order valence-electron chi connectivity index (χ3n) is 5.32. The van der Waals surface area contributed by atoms with Gasteiger partial charge < -0.3 is 16.4 Å². The van der Waals surface area contributed by atoms with Gasteiger partial charge >= 0.3 is 0 Å². The van der Waals surface area contributed by atoms with Crippen molar-refractivity contribution in [1.82, 2.24) is 5.32 Å². The molecule has 0 aliphatic heterocycles. The van der Waals surface area contributed by atoms with Crippen molar-refractivity contribution in [3.05, 3.63) is 29.8 Å². The maximum absolute atomic E-state index is 12.6. The minimum absolute atomic E-state index is 0.0333. The summed E-state index contributed by atoms with van der Waals surface area (Å²) in [7, 11) is 0. The zero-order valence-corrected chi connectivity index (χ0v) is 15.8. The Labute approximate surface area is 150 Å². The van der Waals surface area contributed by atoms with Gasteiger partial charge in [-0.1, -0.05) is 19.8 Å². The molecule has 0 heterocycles. The van der Waals surface area contributed by atoms with Crippen molar-refractivity contribution in [2.75, 3.05) is 5.32 Å². The van der Waals surface area contributed by atoms with E-state index in [1.54, 1.807) is 24.3 Å². The normalized spacial score (nSPS) is 23.8. The molecule has 2 atom stereocenters. The summed E-state index contributed by atoms with van der Waals surface area (Å²) < 4.78 is 0. The van der Waals surface area contributed by atoms with E-state index in [0.29, 0.717) is 11.3 Å². The Kier molecular flexibility index (Phi) is 5.88. The van der Waals surface area contributed by atoms with Crippen molar-refractivity contribution >= 4 is 17.5 Å². The van der Waals surface area contributed by atoms with Crippen LogP contribution in [-0.4, -0.2) is 22.9 Å². The van der Waals surface area contributed by atoms with Gasteiger partial charge in [0.05, 0.1) is 5.92 Å². The smallest absolute Gasteiger partial charge is 0.251 e. The highest BCUT2D eigenvalue weighted by Gasteiger charge is 2.37. The monoisotopic (exact) mass is 345 g/mol.